The summed E-state index contributed by atoms with van der Waals surface area (Å²) in [5.41, 5.74) is -0.296. The highest BCUT2D eigenvalue weighted by molar-refractivity contribution is 7.89. The summed E-state index contributed by atoms with van der Waals surface area (Å²) in [6, 6.07) is 11.9. The zero-order valence-electron chi connectivity index (χ0n) is 33.1. The van der Waals surface area contributed by atoms with Crippen molar-refractivity contribution in [3.05, 3.63) is 82.8 Å². The van der Waals surface area contributed by atoms with Crippen LogP contribution in [0.4, 0.5) is 4.79 Å². The van der Waals surface area contributed by atoms with Gasteiger partial charge in [0.25, 0.3) is 0 Å². The summed E-state index contributed by atoms with van der Waals surface area (Å²) in [5, 5.41) is 5.64. The Morgan fingerprint density at radius 2 is 1.95 bits per heavy atom. The minimum Gasteiger partial charge on any atom is -0.487 e. The molecule has 2 aromatic heterocycles. The second kappa shape index (κ2) is 19.1. The van der Waals surface area contributed by atoms with Crippen molar-refractivity contribution in [3.63, 3.8) is 0 Å². The third kappa shape index (κ3) is 10.7. The normalized spacial score (nSPS) is 19.4. The molecule has 59 heavy (non-hydrogen) atoms. The molecule has 4 atom stereocenters. The molecule has 19 heteroatoms. The fourth-order valence-electron chi connectivity index (χ4n) is 6.99. The molecule has 1 amide bonds. The van der Waals surface area contributed by atoms with Gasteiger partial charge in [0.1, 0.15) is 18.5 Å². The van der Waals surface area contributed by atoms with Crippen LogP contribution in [0.1, 0.15) is 49.4 Å². The number of aryl methyl sites for hydroxylation is 2. The molecule has 0 aliphatic carbocycles. The van der Waals surface area contributed by atoms with Gasteiger partial charge in [-0.3, -0.25) is 5.32 Å². The predicted octanol–water partition coefficient (Wildman–Crippen LogP) is 5.03. The van der Waals surface area contributed by atoms with E-state index in [1.807, 2.05) is 50.4 Å². The van der Waals surface area contributed by atoms with Crippen LogP contribution in [0.5, 0.6) is 17.2 Å². The molecule has 3 aliphatic heterocycles. The molecule has 0 saturated carbocycles. The zero-order valence-corrected chi connectivity index (χ0v) is 34.8. The van der Waals surface area contributed by atoms with Crippen LogP contribution < -0.4 is 19.5 Å². The lowest BCUT2D eigenvalue weighted by Gasteiger charge is -2.34. The minimum absolute atomic E-state index is 0.0173. The molecule has 0 spiro atoms. The molecule has 4 aromatic rings. The highest BCUT2D eigenvalue weighted by Crippen LogP contribution is 2.36. The number of imidazole rings is 1. The number of benzene rings is 2. The fraction of sp³-hybridized carbons (Fsp3) is 0.500. The van der Waals surface area contributed by atoms with Crippen molar-refractivity contribution < 1.29 is 55.9 Å². The maximum atomic E-state index is 14.5. The van der Waals surface area contributed by atoms with Crippen molar-refractivity contribution in [2.45, 2.75) is 82.6 Å². The largest absolute Gasteiger partial charge is 0.487 e. The van der Waals surface area contributed by atoms with Gasteiger partial charge in [0, 0.05) is 43.4 Å². The quantitative estimate of drug-likeness (QED) is 0.0921. The summed E-state index contributed by atoms with van der Waals surface area (Å²) in [5.74, 6) is 0.0848. The van der Waals surface area contributed by atoms with Gasteiger partial charge in [-0.05, 0) is 61.9 Å². The summed E-state index contributed by atoms with van der Waals surface area (Å²) in [6.45, 7) is 6.14. The van der Waals surface area contributed by atoms with E-state index in [1.54, 1.807) is 34.6 Å². The number of hydrogen-bond donors (Lipinski definition) is 1. The number of amides is 1. The van der Waals surface area contributed by atoms with Crippen LogP contribution in [-0.4, -0.2) is 97.3 Å². The molecular formula is C40H49N5O12S2. The standard InChI is InChI=1S/C40H49N5O12S2/c1-27(2)20-45(59(48,49)32-10-11-34-35(19-32)55-26-54-34)25-53-38(46)40(56-18-16-44-15-14-41-24-44,43-39(47)57-36-22-52-37-33(36)12-17-50-37)13-4-5-29-6-8-31(9-7-29)51-21-30-23-58-28(3)42-30/h6-11,14-15,19,23-24,27,33,36-37H,4-5,12-13,16-18,20-22,25-26H2,1-3H3,(H,43,47)/t33-,36-,37+,40-/m0/s1. The Balaban J connectivity index is 1.10. The van der Waals surface area contributed by atoms with Gasteiger partial charge in [-0.1, -0.05) is 26.0 Å². The van der Waals surface area contributed by atoms with E-state index in [0.717, 1.165) is 20.6 Å². The van der Waals surface area contributed by atoms with Crippen molar-refractivity contribution in [2.24, 2.45) is 11.8 Å². The monoisotopic (exact) mass is 855 g/mol. The van der Waals surface area contributed by atoms with Gasteiger partial charge in [-0.15, -0.1) is 11.3 Å². The molecule has 5 heterocycles. The van der Waals surface area contributed by atoms with Crippen LogP contribution in [0.25, 0.3) is 0 Å². The number of nitrogens with zero attached hydrogens (tertiary/aromatic N) is 4. The predicted molar refractivity (Wildman–Crippen MR) is 211 cm³/mol. The molecule has 318 valence electrons. The maximum absolute atomic E-state index is 14.5. The Morgan fingerprint density at radius 1 is 1.12 bits per heavy atom. The first-order chi connectivity index (χ1) is 28.5. The maximum Gasteiger partial charge on any atom is 0.410 e. The van der Waals surface area contributed by atoms with Crippen molar-refractivity contribution >= 4 is 33.4 Å². The van der Waals surface area contributed by atoms with E-state index in [2.05, 4.69) is 15.3 Å². The molecule has 7 rings (SSSR count). The van der Waals surface area contributed by atoms with Crippen LogP contribution in [0.15, 0.2) is 71.5 Å². The molecule has 3 aliphatic rings. The molecule has 2 saturated heterocycles. The molecule has 2 aromatic carbocycles. The van der Waals surface area contributed by atoms with Gasteiger partial charge in [0.05, 0.1) is 47.7 Å². The van der Waals surface area contributed by atoms with E-state index in [9.17, 15) is 18.0 Å². The SMILES string of the molecule is Cc1nc(COc2ccc(CCC[C@](NC(=O)O[C@H]3CO[C@H]4OCC[C@H]43)(OCCn3ccnc3)C(=O)OCN(CC(C)C)S(=O)(=O)c3ccc4c(c3)OCO4)cc2)cs1. The number of aromatic nitrogens is 3. The molecular weight excluding hydrogens is 807 g/mol. The number of thiazole rings is 1. The topological polar surface area (TPSA) is 188 Å². The smallest absolute Gasteiger partial charge is 0.410 e. The average molecular weight is 856 g/mol. The Labute approximate surface area is 346 Å². The van der Waals surface area contributed by atoms with Crippen molar-refractivity contribution in [1.29, 1.82) is 0 Å². The molecule has 17 nitrogen and oxygen atoms in total. The average Bonchev–Trinajstić information content (AvgIpc) is 4.07. The van der Waals surface area contributed by atoms with Crippen LogP contribution in [0, 0.1) is 18.8 Å². The number of ether oxygens (including phenoxy) is 8. The number of nitrogens with one attached hydrogen (secondary N) is 1. The van der Waals surface area contributed by atoms with Crippen LogP contribution in [-0.2, 0) is 58.1 Å². The minimum atomic E-state index is -4.21. The van der Waals surface area contributed by atoms with Crippen LogP contribution in [0.3, 0.4) is 0 Å². The first-order valence-electron chi connectivity index (χ1n) is 19.5. The number of hydrogen-bond acceptors (Lipinski definition) is 15. The van der Waals surface area contributed by atoms with Crippen LogP contribution >= 0.6 is 11.3 Å². The second-order valence-corrected chi connectivity index (χ2v) is 17.8. The molecule has 0 bridgehead atoms. The number of rotatable bonds is 20. The number of alkyl carbamates (subject to hydrolysis) is 1. The van der Waals surface area contributed by atoms with E-state index in [0.29, 0.717) is 44.0 Å². The summed E-state index contributed by atoms with van der Waals surface area (Å²) in [4.78, 5) is 36.8. The first kappa shape index (κ1) is 42.3. The van der Waals surface area contributed by atoms with Crippen molar-refractivity contribution in [1.82, 2.24) is 24.2 Å². The van der Waals surface area contributed by atoms with Crippen molar-refractivity contribution in [3.8, 4) is 17.2 Å². The lowest BCUT2D eigenvalue weighted by molar-refractivity contribution is -0.182. The van der Waals surface area contributed by atoms with Gasteiger partial charge in [0.2, 0.25) is 22.5 Å². The van der Waals surface area contributed by atoms with Gasteiger partial charge in [-0.2, -0.15) is 4.31 Å². The lowest BCUT2D eigenvalue weighted by Crippen LogP contribution is -2.59. The van der Waals surface area contributed by atoms with E-state index in [1.165, 1.54) is 18.2 Å². The number of carbonyl (C=O) groups excluding carboxylic acids is 2. The summed E-state index contributed by atoms with van der Waals surface area (Å²) < 4.78 is 76.9. The number of fused-ring (bicyclic) bond motifs is 2. The van der Waals surface area contributed by atoms with E-state index in [4.69, 9.17) is 37.9 Å². The first-order valence-corrected chi connectivity index (χ1v) is 21.8. The highest BCUT2D eigenvalue weighted by atomic mass is 32.2. The third-order valence-electron chi connectivity index (χ3n) is 10.00. The summed E-state index contributed by atoms with van der Waals surface area (Å²) >= 11 is 1.56. The van der Waals surface area contributed by atoms with E-state index in [-0.39, 0.29) is 62.0 Å². The van der Waals surface area contributed by atoms with Gasteiger partial charge >= 0.3 is 12.1 Å². The van der Waals surface area contributed by atoms with Gasteiger partial charge < -0.3 is 42.5 Å². The number of esters is 1. The Hall–Kier alpha value is -4.79. The molecule has 0 unspecified atom stereocenters. The Kier molecular flexibility index (Phi) is 13.7. The Morgan fingerprint density at radius 3 is 2.71 bits per heavy atom. The second-order valence-electron chi connectivity index (χ2n) is 14.8. The van der Waals surface area contributed by atoms with Crippen LogP contribution in [0.2, 0.25) is 0 Å². The lowest BCUT2D eigenvalue weighted by atomic mass is 10.0. The molecule has 0 radical (unpaired) electrons. The number of carbonyl (C=O) groups is 2. The zero-order chi connectivity index (χ0) is 41.4. The molecule has 2 fully saturated rings. The summed E-state index contributed by atoms with van der Waals surface area (Å²) in [7, 11) is -4.21. The Bertz CT molecular complexity index is 2130. The van der Waals surface area contributed by atoms with Crippen molar-refractivity contribution in [2.75, 3.05) is 39.9 Å². The molecule has 1 N–H and O–H groups in total. The van der Waals surface area contributed by atoms with E-state index < -0.39 is 46.9 Å². The van der Waals surface area contributed by atoms with Gasteiger partial charge in [-0.25, -0.2) is 28.0 Å². The van der Waals surface area contributed by atoms with E-state index >= 15 is 0 Å². The van der Waals surface area contributed by atoms with Gasteiger partial charge in [0.15, 0.2) is 24.5 Å². The third-order valence-corrected chi connectivity index (χ3v) is 12.6. The number of sulfonamides is 1. The fourth-order valence-corrected chi connectivity index (χ4v) is 9.07. The highest BCUT2D eigenvalue weighted by Gasteiger charge is 2.47. The summed E-state index contributed by atoms with van der Waals surface area (Å²) in [6.07, 6.45) is 4.36.